The third kappa shape index (κ3) is 6.82. The second-order valence-corrected chi connectivity index (χ2v) is 2.97. The first kappa shape index (κ1) is 13.8. The molecular formula is C14H14Zn. The SMILES string of the molecule is [CH2-]c1ccccc1.[CH2-]c1ccccc1.[Zn+2]. The average molecular weight is 248 g/mol. The molecule has 2 aromatic rings. The summed E-state index contributed by atoms with van der Waals surface area (Å²) in [4.78, 5) is 0. The van der Waals surface area contributed by atoms with E-state index in [4.69, 9.17) is 0 Å². The molecule has 0 aromatic heterocycles. The molecule has 0 spiro atoms. The molecule has 1 heteroatoms. The van der Waals surface area contributed by atoms with Crippen molar-refractivity contribution in [2.75, 3.05) is 0 Å². The van der Waals surface area contributed by atoms with Crippen molar-refractivity contribution in [3.63, 3.8) is 0 Å². The topological polar surface area (TPSA) is 0 Å². The monoisotopic (exact) mass is 246 g/mol. The van der Waals surface area contributed by atoms with Crippen LogP contribution in [-0.4, -0.2) is 0 Å². The van der Waals surface area contributed by atoms with E-state index in [9.17, 15) is 0 Å². The molecule has 0 unspecified atom stereocenters. The maximum atomic E-state index is 3.72. The molecule has 0 aliphatic rings. The van der Waals surface area contributed by atoms with Gasteiger partial charge in [-0.2, -0.15) is 49.2 Å². The fraction of sp³-hybridized carbons (Fsp3) is 0. The maximum Gasteiger partial charge on any atom is 2.00 e. The molecule has 0 aliphatic carbocycles. The van der Waals surface area contributed by atoms with Gasteiger partial charge in [0.15, 0.2) is 0 Å². The van der Waals surface area contributed by atoms with E-state index < -0.39 is 0 Å². The molecule has 72 valence electrons. The van der Waals surface area contributed by atoms with E-state index in [1.807, 2.05) is 60.7 Å². The second-order valence-electron chi connectivity index (χ2n) is 2.97. The number of benzene rings is 2. The van der Waals surface area contributed by atoms with Crippen LogP contribution in [0.3, 0.4) is 0 Å². The van der Waals surface area contributed by atoms with Crippen molar-refractivity contribution >= 4 is 0 Å². The van der Waals surface area contributed by atoms with Crippen LogP contribution in [0, 0.1) is 13.8 Å². The summed E-state index contributed by atoms with van der Waals surface area (Å²) < 4.78 is 0. The summed E-state index contributed by atoms with van der Waals surface area (Å²) in [6.07, 6.45) is 0. The van der Waals surface area contributed by atoms with Crippen molar-refractivity contribution in [3.05, 3.63) is 85.6 Å². The van der Waals surface area contributed by atoms with E-state index in [0.29, 0.717) is 0 Å². The van der Waals surface area contributed by atoms with Crippen LogP contribution in [-0.2, 0) is 19.5 Å². The van der Waals surface area contributed by atoms with Crippen molar-refractivity contribution in [3.8, 4) is 0 Å². The van der Waals surface area contributed by atoms with Gasteiger partial charge in [0.2, 0.25) is 0 Å². The second kappa shape index (κ2) is 8.14. The smallest absolute Gasteiger partial charge is 0.199 e. The molecule has 0 saturated carbocycles. The van der Waals surface area contributed by atoms with Crippen molar-refractivity contribution in [2.45, 2.75) is 0 Å². The molecule has 2 rings (SSSR count). The predicted molar refractivity (Wildman–Crippen MR) is 61.8 cm³/mol. The third-order valence-electron chi connectivity index (χ3n) is 1.69. The van der Waals surface area contributed by atoms with Crippen LogP contribution in [0.15, 0.2) is 60.7 Å². The molecule has 0 radical (unpaired) electrons. The van der Waals surface area contributed by atoms with Gasteiger partial charge in [-0.3, -0.25) is 0 Å². The molecule has 15 heavy (non-hydrogen) atoms. The van der Waals surface area contributed by atoms with Gasteiger partial charge in [-0.1, -0.05) is 12.1 Å². The van der Waals surface area contributed by atoms with E-state index in [1.54, 1.807) is 0 Å². The third-order valence-corrected chi connectivity index (χ3v) is 1.69. The summed E-state index contributed by atoms with van der Waals surface area (Å²) in [5.74, 6) is 0. The van der Waals surface area contributed by atoms with E-state index in [2.05, 4.69) is 13.8 Å². The average Bonchev–Trinajstić information content (AvgIpc) is 2.21. The molecule has 0 bridgehead atoms. The summed E-state index contributed by atoms with van der Waals surface area (Å²) in [6.45, 7) is 7.44. The predicted octanol–water partition coefficient (Wildman–Crippen LogP) is 3.74. The normalized spacial score (nSPS) is 8.00. The van der Waals surface area contributed by atoms with E-state index in [1.165, 1.54) is 0 Å². The fourth-order valence-corrected chi connectivity index (χ4v) is 0.956. The Labute approximate surface area is 105 Å². The minimum Gasteiger partial charge on any atom is -0.199 e. The molecule has 0 N–H and O–H groups in total. The van der Waals surface area contributed by atoms with Crippen LogP contribution >= 0.6 is 0 Å². The zero-order valence-corrected chi connectivity index (χ0v) is 11.9. The van der Waals surface area contributed by atoms with Crippen LogP contribution in [0.4, 0.5) is 0 Å². The molecule has 0 amide bonds. The maximum absolute atomic E-state index is 3.72. The molecule has 0 saturated heterocycles. The Hall–Kier alpha value is -1.20. The largest absolute Gasteiger partial charge is 2.00 e. The van der Waals surface area contributed by atoms with Crippen molar-refractivity contribution in [1.29, 1.82) is 0 Å². The first-order valence-electron chi connectivity index (χ1n) is 4.53. The number of hydrogen-bond acceptors (Lipinski definition) is 0. The molecular weight excluding hydrogens is 234 g/mol. The van der Waals surface area contributed by atoms with Crippen LogP contribution < -0.4 is 0 Å². The minimum atomic E-state index is 0. The van der Waals surface area contributed by atoms with Gasteiger partial charge < -0.3 is 0 Å². The minimum absolute atomic E-state index is 0. The molecule has 0 nitrogen and oxygen atoms in total. The van der Waals surface area contributed by atoms with Crippen molar-refractivity contribution in [2.24, 2.45) is 0 Å². The Balaban J connectivity index is 0.000000245. The van der Waals surface area contributed by atoms with E-state index >= 15 is 0 Å². The van der Waals surface area contributed by atoms with Gasteiger partial charge in [-0.05, 0) is 0 Å². The number of hydrogen-bond donors (Lipinski definition) is 0. The Bertz CT molecular complexity index is 303. The summed E-state index contributed by atoms with van der Waals surface area (Å²) >= 11 is 0. The first-order valence-corrected chi connectivity index (χ1v) is 4.53. The van der Waals surface area contributed by atoms with E-state index in [-0.39, 0.29) is 19.5 Å². The Morgan fingerprint density at radius 1 is 0.533 bits per heavy atom. The van der Waals surface area contributed by atoms with Gasteiger partial charge >= 0.3 is 19.5 Å². The molecule has 0 heterocycles. The quantitative estimate of drug-likeness (QED) is 0.492. The van der Waals surface area contributed by atoms with Crippen LogP contribution in [0.1, 0.15) is 11.1 Å². The van der Waals surface area contributed by atoms with Crippen molar-refractivity contribution < 1.29 is 19.5 Å². The zero-order valence-electron chi connectivity index (χ0n) is 8.89. The Morgan fingerprint density at radius 2 is 0.800 bits per heavy atom. The standard InChI is InChI=1S/2C7H7.Zn/c2*1-7-5-3-2-4-6-7;/h2*2-6H,1H2;/q2*-1;+2. The first-order chi connectivity index (χ1) is 6.79. The summed E-state index contributed by atoms with van der Waals surface area (Å²) in [7, 11) is 0. The summed E-state index contributed by atoms with van der Waals surface area (Å²) in [5.41, 5.74) is 2.14. The van der Waals surface area contributed by atoms with Gasteiger partial charge in [0.05, 0.1) is 0 Å². The van der Waals surface area contributed by atoms with Crippen molar-refractivity contribution in [1.82, 2.24) is 0 Å². The molecule has 0 atom stereocenters. The van der Waals surface area contributed by atoms with Crippen LogP contribution in [0.2, 0.25) is 0 Å². The molecule has 0 aliphatic heterocycles. The zero-order chi connectivity index (χ0) is 10.2. The van der Waals surface area contributed by atoms with Crippen LogP contribution in [0.25, 0.3) is 0 Å². The van der Waals surface area contributed by atoms with Gasteiger partial charge in [0.1, 0.15) is 0 Å². The molecule has 2 aromatic carbocycles. The van der Waals surface area contributed by atoms with E-state index in [0.717, 1.165) is 11.1 Å². The Kier molecular flexibility index (Phi) is 7.49. The van der Waals surface area contributed by atoms with Gasteiger partial charge in [0.25, 0.3) is 0 Å². The summed E-state index contributed by atoms with van der Waals surface area (Å²) in [6, 6.07) is 19.7. The summed E-state index contributed by atoms with van der Waals surface area (Å²) in [5, 5.41) is 0. The van der Waals surface area contributed by atoms with Gasteiger partial charge in [0, 0.05) is 0 Å². The van der Waals surface area contributed by atoms with Gasteiger partial charge in [-0.25, -0.2) is 0 Å². The van der Waals surface area contributed by atoms with Crippen LogP contribution in [0.5, 0.6) is 0 Å². The molecule has 0 fully saturated rings. The fourth-order valence-electron chi connectivity index (χ4n) is 0.956. The Morgan fingerprint density at radius 3 is 0.933 bits per heavy atom. The van der Waals surface area contributed by atoms with Gasteiger partial charge in [-0.15, -0.1) is 24.3 Å². The number of rotatable bonds is 0.